The molecule has 3 unspecified atom stereocenters. The predicted octanol–water partition coefficient (Wildman–Crippen LogP) is 3.21. The molecule has 3 saturated carbocycles. The van der Waals surface area contributed by atoms with Crippen molar-refractivity contribution in [3.8, 4) is 0 Å². The van der Waals surface area contributed by atoms with E-state index < -0.39 is 5.97 Å². The smallest absolute Gasteiger partial charge is 0.307 e. The fourth-order valence-corrected chi connectivity index (χ4v) is 7.11. The first-order chi connectivity index (χ1) is 10.9. The highest BCUT2D eigenvalue weighted by Gasteiger charge is 2.61. The Bertz CT molecular complexity index is 547. The van der Waals surface area contributed by atoms with Crippen LogP contribution in [-0.4, -0.2) is 23.0 Å². The van der Waals surface area contributed by atoms with E-state index in [9.17, 15) is 14.7 Å². The van der Waals surface area contributed by atoms with Crippen LogP contribution in [0.25, 0.3) is 0 Å². The topological polar surface area (TPSA) is 66.4 Å². The SMILES string of the molecule is C[C@]12CCC3C(CC[C@@H]4NC(=O)CC[C@]34C)C1CC[C@@H]2C(=O)O. The molecule has 2 N–H and O–H groups in total. The van der Waals surface area contributed by atoms with Gasteiger partial charge >= 0.3 is 5.97 Å². The molecule has 128 valence electrons. The first-order valence-electron chi connectivity index (χ1n) is 9.38. The summed E-state index contributed by atoms with van der Waals surface area (Å²) in [5.41, 5.74) is 0.216. The molecule has 0 spiro atoms. The number of hydrogen-bond donors (Lipinski definition) is 2. The van der Waals surface area contributed by atoms with Gasteiger partial charge in [-0.15, -0.1) is 0 Å². The quantitative estimate of drug-likeness (QED) is 0.780. The van der Waals surface area contributed by atoms with Gasteiger partial charge in [-0.25, -0.2) is 0 Å². The van der Waals surface area contributed by atoms with Crippen LogP contribution in [0.1, 0.15) is 65.2 Å². The summed E-state index contributed by atoms with van der Waals surface area (Å²) in [5, 5.41) is 12.9. The van der Waals surface area contributed by atoms with Gasteiger partial charge in [-0.3, -0.25) is 9.59 Å². The summed E-state index contributed by atoms with van der Waals surface area (Å²) in [6, 6.07) is 0.339. The van der Waals surface area contributed by atoms with E-state index in [-0.39, 0.29) is 22.7 Å². The molecule has 4 fully saturated rings. The normalized spacial score (nSPS) is 52.1. The van der Waals surface area contributed by atoms with E-state index >= 15 is 0 Å². The molecule has 0 aromatic rings. The summed E-state index contributed by atoms with van der Waals surface area (Å²) in [4.78, 5) is 23.5. The van der Waals surface area contributed by atoms with Gasteiger partial charge in [0.15, 0.2) is 0 Å². The highest BCUT2D eigenvalue weighted by Crippen LogP contribution is 2.65. The van der Waals surface area contributed by atoms with Gasteiger partial charge in [0.25, 0.3) is 0 Å². The Morgan fingerprint density at radius 3 is 2.52 bits per heavy atom. The molecule has 23 heavy (non-hydrogen) atoms. The van der Waals surface area contributed by atoms with Crippen molar-refractivity contribution in [1.29, 1.82) is 0 Å². The van der Waals surface area contributed by atoms with Crippen LogP contribution in [0.4, 0.5) is 0 Å². The van der Waals surface area contributed by atoms with Gasteiger partial charge in [-0.2, -0.15) is 0 Å². The molecule has 1 aliphatic heterocycles. The number of rotatable bonds is 1. The van der Waals surface area contributed by atoms with E-state index in [1.165, 1.54) is 0 Å². The zero-order valence-electron chi connectivity index (χ0n) is 14.3. The highest BCUT2D eigenvalue weighted by atomic mass is 16.4. The summed E-state index contributed by atoms with van der Waals surface area (Å²) in [6.07, 6.45) is 8.05. The largest absolute Gasteiger partial charge is 0.481 e. The van der Waals surface area contributed by atoms with Crippen LogP contribution in [0.3, 0.4) is 0 Å². The number of carbonyl (C=O) groups excluding carboxylic acids is 1. The van der Waals surface area contributed by atoms with Crippen molar-refractivity contribution in [1.82, 2.24) is 5.32 Å². The number of aliphatic carboxylic acids is 1. The lowest BCUT2D eigenvalue weighted by atomic mass is 9.47. The molecule has 1 saturated heterocycles. The van der Waals surface area contributed by atoms with Crippen LogP contribution >= 0.6 is 0 Å². The van der Waals surface area contributed by atoms with Crippen molar-refractivity contribution in [2.24, 2.45) is 34.5 Å². The summed E-state index contributed by atoms with van der Waals surface area (Å²) >= 11 is 0. The van der Waals surface area contributed by atoms with Gasteiger partial charge in [0.05, 0.1) is 5.92 Å². The van der Waals surface area contributed by atoms with Crippen LogP contribution < -0.4 is 5.32 Å². The third kappa shape index (κ3) is 2.02. The van der Waals surface area contributed by atoms with Crippen molar-refractivity contribution in [3.63, 3.8) is 0 Å². The monoisotopic (exact) mass is 319 g/mol. The predicted molar refractivity (Wildman–Crippen MR) is 86.7 cm³/mol. The Kier molecular flexibility index (Phi) is 3.34. The standard InChI is InChI=1S/C19H29NO3/c1-18-9-7-13-11(12(18)4-5-14(18)17(22)23)3-6-15-19(13,2)10-8-16(21)20-15/h11-15H,3-10H2,1-2H3,(H,20,21)(H,22,23)/t11?,12?,13?,14-,15+,18+,19-/m1/s1. The van der Waals surface area contributed by atoms with Crippen molar-refractivity contribution < 1.29 is 14.7 Å². The Hall–Kier alpha value is -1.06. The van der Waals surface area contributed by atoms with Crippen molar-refractivity contribution in [2.45, 2.75) is 71.3 Å². The lowest BCUT2D eigenvalue weighted by Gasteiger charge is -2.60. The molecule has 4 aliphatic rings. The molecule has 0 aromatic heterocycles. The third-order valence-electron chi connectivity index (χ3n) is 8.39. The Balaban J connectivity index is 1.63. The molecule has 0 radical (unpaired) electrons. The van der Waals surface area contributed by atoms with E-state index in [1.807, 2.05) is 0 Å². The van der Waals surface area contributed by atoms with Gasteiger partial charge in [0, 0.05) is 12.5 Å². The van der Waals surface area contributed by atoms with E-state index in [0.717, 1.165) is 44.9 Å². The number of piperidine rings is 1. The van der Waals surface area contributed by atoms with E-state index in [1.54, 1.807) is 0 Å². The minimum atomic E-state index is -0.585. The maximum Gasteiger partial charge on any atom is 0.307 e. The Morgan fingerprint density at radius 1 is 1.04 bits per heavy atom. The van der Waals surface area contributed by atoms with E-state index in [4.69, 9.17) is 0 Å². The number of fused-ring (bicyclic) bond motifs is 5. The molecule has 7 atom stereocenters. The Labute approximate surface area is 138 Å². The molecule has 3 aliphatic carbocycles. The fraction of sp³-hybridized carbons (Fsp3) is 0.895. The molecule has 1 amide bonds. The molecule has 4 heteroatoms. The number of amides is 1. The third-order valence-corrected chi connectivity index (χ3v) is 8.39. The number of nitrogens with one attached hydrogen (secondary N) is 1. The van der Waals surface area contributed by atoms with Crippen molar-refractivity contribution >= 4 is 11.9 Å². The maximum absolute atomic E-state index is 11.8. The van der Waals surface area contributed by atoms with Gasteiger partial charge in [-0.1, -0.05) is 13.8 Å². The average molecular weight is 319 g/mol. The minimum Gasteiger partial charge on any atom is -0.481 e. The second-order valence-electron chi connectivity index (χ2n) is 9.09. The van der Waals surface area contributed by atoms with Crippen LogP contribution in [-0.2, 0) is 9.59 Å². The van der Waals surface area contributed by atoms with Gasteiger partial charge < -0.3 is 10.4 Å². The van der Waals surface area contributed by atoms with Crippen LogP contribution in [0, 0.1) is 34.5 Å². The number of carboxylic acids is 1. The van der Waals surface area contributed by atoms with E-state index in [2.05, 4.69) is 19.2 Å². The number of carbonyl (C=O) groups is 2. The lowest BCUT2D eigenvalue weighted by molar-refractivity contribution is -0.152. The van der Waals surface area contributed by atoms with E-state index in [0.29, 0.717) is 30.2 Å². The van der Waals surface area contributed by atoms with Crippen molar-refractivity contribution in [3.05, 3.63) is 0 Å². The minimum absolute atomic E-state index is 0.00584. The van der Waals surface area contributed by atoms with Crippen molar-refractivity contribution in [2.75, 3.05) is 0 Å². The first-order valence-corrected chi connectivity index (χ1v) is 9.38. The molecule has 0 bridgehead atoms. The average Bonchev–Trinajstić information content (AvgIpc) is 2.85. The molecule has 4 rings (SSSR count). The summed E-state index contributed by atoms with van der Waals surface area (Å²) in [5.74, 6) is 1.38. The zero-order chi connectivity index (χ0) is 16.4. The van der Waals surface area contributed by atoms with Gasteiger partial charge in [-0.05, 0) is 73.5 Å². The second kappa shape index (κ2) is 4.97. The fourth-order valence-electron chi connectivity index (χ4n) is 7.11. The first kappa shape index (κ1) is 15.5. The lowest BCUT2D eigenvalue weighted by Crippen LogP contribution is -2.61. The summed E-state index contributed by atoms with van der Waals surface area (Å²) in [6.45, 7) is 4.64. The molecule has 0 aromatic carbocycles. The second-order valence-corrected chi connectivity index (χ2v) is 9.09. The summed E-state index contributed by atoms with van der Waals surface area (Å²) < 4.78 is 0. The van der Waals surface area contributed by atoms with Crippen LogP contribution in [0.5, 0.6) is 0 Å². The zero-order valence-corrected chi connectivity index (χ0v) is 14.3. The Morgan fingerprint density at radius 2 is 1.78 bits per heavy atom. The molecule has 1 heterocycles. The number of carboxylic acid groups (broad SMARTS) is 1. The van der Waals surface area contributed by atoms with Crippen LogP contribution in [0.2, 0.25) is 0 Å². The van der Waals surface area contributed by atoms with Gasteiger partial charge in [0.2, 0.25) is 5.91 Å². The molecular formula is C19H29NO3. The van der Waals surface area contributed by atoms with Crippen LogP contribution in [0.15, 0.2) is 0 Å². The molecule has 4 nitrogen and oxygen atoms in total. The molecular weight excluding hydrogens is 290 g/mol. The van der Waals surface area contributed by atoms with Gasteiger partial charge in [0.1, 0.15) is 0 Å². The maximum atomic E-state index is 11.8. The highest BCUT2D eigenvalue weighted by molar-refractivity contribution is 5.77. The number of hydrogen-bond acceptors (Lipinski definition) is 2. The summed E-state index contributed by atoms with van der Waals surface area (Å²) in [7, 11) is 0.